The topological polar surface area (TPSA) is 83.6 Å². The van der Waals surface area contributed by atoms with Crippen LogP contribution in [0.15, 0.2) is 18.3 Å². The molecule has 2 atom stereocenters. The normalized spacial score (nSPS) is 22.6. The summed E-state index contributed by atoms with van der Waals surface area (Å²) in [6.45, 7) is 2.80. The molecule has 2 N–H and O–H groups in total. The molecule has 7 nitrogen and oxygen atoms in total. The van der Waals surface area contributed by atoms with Gasteiger partial charge in [0.1, 0.15) is 11.9 Å². The molecule has 2 saturated heterocycles. The highest BCUT2D eigenvalue weighted by molar-refractivity contribution is 6.30. The average Bonchev–Trinajstić information content (AvgIpc) is 2.64. The van der Waals surface area contributed by atoms with Crippen LogP contribution in [-0.4, -0.2) is 60.6 Å². The number of pyridine rings is 1. The second-order valence-corrected chi connectivity index (χ2v) is 6.49. The van der Waals surface area contributed by atoms with Crippen LogP contribution in [0.3, 0.4) is 0 Å². The molecule has 0 aliphatic carbocycles. The number of aromatic nitrogens is 1. The lowest BCUT2D eigenvalue weighted by atomic mass is 9.96. The van der Waals surface area contributed by atoms with Gasteiger partial charge in [0.25, 0.3) is 0 Å². The van der Waals surface area contributed by atoms with Crippen LogP contribution in [0, 0.1) is 5.92 Å². The minimum absolute atomic E-state index is 0. The molecule has 1 aromatic rings. The number of hydrogen-bond donors (Lipinski definition) is 2. The Morgan fingerprint density at radius 3 is 2.81 bits per heavy atom. The lowest BCUT2D eigenvalue weighted by Gasteiger charge is -2.35. The number of ether oxygens (including phenoxy) is 1. The Kier molecular flexibility index (Phi) is 9.60. The number of morpholine rings is 1. The summed E-state index contributed by atoms with van der Waals surface area (Å²) in [6.07, 6.45) is 3.06. The van der Waals surface area contributed by atoms with Crippen LogP contribution in [0.1, 0.15) is 12.8 Å². The predicted octanol–water partition coefficient (Wildman–Crippen LogP) is 1.74. The lowest BCUT2D eigenvalue weighted by molar-refractivity contribution is -0.139. The fraction of sp³-hybridized carbons (Fsp3) is 0.562. The Labute approximate surface area is 170 Å². The molecule has 0 aromatic carbocycles. The van der Waals surface area contributed by atoms with Gasteiger partial charge >= 0.3 is 0 Å². The molecule has 1 aromatic heterocycles. The number of carbonyl (C=O) groups excluding carboxylic acids is 2. The molecule has 2 aliphatic rings. The summed E-state index contributed by atoms with van der Waals surface area (Å²) in [7, 11) is 0. The maximum Gasteiger partial charge on any atom is 0.242 e. The summed E-state index contributed by atoms with van der Waals surface area (Å²) in [5, 5.41) is 6.48. The van der Waals surface area contributed by atoms with E-state index in [0.29, 0.717) is 43.7 Å². The van der Waals surface area contributed by atoms with E-state index in [1.54, 1.807) is 17.0 Å². The molecule has 10 heteroatoms. The molecule has 0 spiro atoms. The van der Waals surface area contributed by atoms with Crippen molar-refractivity contribution in [3.8, 4) is 0 Å². The third-order valence-corrected chi connectivity index (χ3v) is 4.53. The molecule has 0 saturated carbocycles. The predicted molar refractivity (Wildman–Crippen MR) is 104 cm³/mol. The van der Waals surface area contributed by atoms with E-state index in [4.69, 9.17) is 16.3 Å². The zero-order valence-electron chi connectivity index (χ0n) is 14.2. The first-order chi connectivity index (χ1) is 11.6. The molecular weight excluding hydrogens is 403 g/mol. The Balaban J connectivity index is 0.00000169. The monoisotopic (exact) mass is 424 g/mol. The highest BCUT2D eigenvalue weighted by atomic mass is 35.5. The van der Waals surface area contributed by atoms with Gasteiger partial charge in [0, 0.05) is 25.8 Å². The molecule has 2 amide bonds. The largest absolute Gasteiger partial charge is 0.378 e. The fourth-order valence-corrected chi connectivity index (χ4v) is 3.13. The highest BCUT2D eigenvalue weighted by Gasteiger charge is 2.32. The second kappa shape index (κ2) is 10.9. The standard InChI is InChI=1S/C16H21ClN4O3.2ClH/c17-12-3-4-14(19-8-12)20-15(22)11-2-1-6-21(9-11)16(23)13-10-24-7-5-18-13;;/h3-4,8,11,13,18H,1-2,5-7,9-10H2,(H,19,20,22);2*1H. The number of nitrogens with zero attached hydrogens (tertiary/aromatic N) is 2. The van der Waals surface area contributed by atoms with Crippen LogP contribution < -0.4 is 10.6 Å². The van der Waals surface area contributed by atoms with Crippen molar-refractivity contribution >= 4 is 54.0 Å². The third kappa shape index (κ3) is 5.96. The van der Waals surface area contributed by atoms with E-state index in [0.717, 1.165) is 12.8 Å². The van der Waals surface area contributed by atoms with Crippen LogP contribution in [0.4, 0.5) is 5.82 Å². The molecule has 3 rings (SSSR count). The molecule has 0 radical (unpaired) electrons. The maximum atomic E-state index is 12.5. The quantitative estimate of drug-likeness (QED) is 0.771. The first kappa shape index (κ1) is 22.9. The minimum atomic E-state index is -0.307. The molecule has 146 valence electrons. The van der Waals surface area contributed by atoms with Gasteiger partial charge in [-0.3, -0.25) is 9.59 Å². The van der Waals surface area contributed by atoms with E-state index < -0.39 is 0 Å². The van der Waals surface area contributed by atoms with Crippen LogP contribution in [0.5, 0.6) is 0 Å². The maximum absolute atomic E-state index is 12.5. The number of rotatable bonds is 3. The summed E-state index contributed by atoms with van der Waals surface area (Å²) in [5.74, 6) is 0.131. The Morgan fingerprint density at radius 2 is 2.15 bits per heavy atom. The van der Waals surface area contributed by atoms with Crippen molar-refractivity contribution in [1.82, 2.24) is 15.2 Å². The van der Waals surface area contributed by atoms with Gasteiger partial charge in [0.05, 0.1) is 24.2 Å². The SMILES string of the molecule is Cl.Cl.O=C(Nc1ccc(Cl)cn1)C1CCCN(C(=O)C2COCCN2)C1. The second-order valence-electron chi connectivity index (χ2n) is 6.06. The summed E-state index contributed by atoms with van der Waals surface area (Å²) in [5.41, 5.74) is 0. The number of hydrogen-bond acceptors (Lipinski definition) is 5. The number of carbonyl (C=O) groups is 2. The summed E-state index contributed by atoms with van der Waals surface area (Å²) < 4.78 is 5.35. The average molecular weight is 426 g/mol. The number of amides is 2. The van der Waals surface area contributed by atoms with Crippen molar-refractivity contribution < 1.29 is 14.3 Å². The Bertz CT molecular complexity index is 597. The number of likely N-dealkylation sites (tertiary alicyclic amines) is 1. The van der Waals surface area contributed by atoms with Crippen molar-refractivity contribution in [2.24, 2.45) is 5.92 Å². The van der Waals surface area contributed by atoms with Gasteiger partial charge in [-0.05, 0) is 25.0 Å². The minimum Gasteiger partial charge on any atom is -0.378 e. The first-order valence-electron chi connectivity index (χ1n) is 8.16. The zero-order valence-corrected chi connectivity index (χ0v) is 16.5. The summed E-state index contributed by atoms with van der Waals surface area (Å²) >= 11 is 5.79. The van der Waals surface area contributed by atoms with Crippen molar-refractivity contribution in [2.75, 3.05) is 38.2 Å². The van der Waals surface area contributed by atoms with Crippen molar-refractivity contribution in [2.45, 2.75) is 18.9 Å². The zero-order chi connectivity index (χ0) is 16.9. The Morgan fingerprint density at radius 1 is 1.35 bits per heavy atom. The molecular formula is C16H23Cl3N4O3. The van der Waals surface area contributed by atoms with Gasteiger partial charge in [-0.25, -0.2) is 4.98 Å². The summed E-state index contributed by atoms with van der Waals surface area (Å²) in [6, 6.07) is 3.03. The van der Waals surface area contributed by atoms with Gasteiger partial charge in [0.15, 0.2) is 0 Å². The molecule has 2 aliphatic heterocycles. The van der Waals surface area contributed by atoms with Crippen LogP contribution in [0.25, 0.3) is 0 Å². The molecule has 0 bridgehead atoms. The van der Waals surface area contributed by atoms with E-state index in [-0.39, 0.29) is 48.6 Å². The number of anilines is 1. The van der Waals surface area contributed by atoms with E-state index in [1.165, 1.54) is 6.20 Å². The smallest absolute Gasteiger partial charge is 0.242 e. The van der Waals surface area contributed by atoms with Crippen molar-refractivity contribution in [1.29, 1.82) is 0 Å². The van der Waals surface area contributed by atoms with E-state index in [1.807, 2.05) is 0 Å². The van der Waals surface area contributed by atoms with Gasteiger partial charge in [-0.1, -0.05) is 11.6 Å². The number of nitrogens with one attached hydrogen (secondary N) is 2. The summed E-state index contributed by atoms with van der Waals surface area (Å²) in [4.78, 5) is 30.8. The van der Waals surface area contributed by atoms with E-state index in [9.17, 15) is 9.59 Å². The number of piperidine rings is 1. The molecule has 2 fully saturated rings. The lowest BCUT2D eigenvalue weighted by Crippen LogP contribution is -2.55. The van der Waals surface area contributed by atoms with E-state index in [2.05, 4.69) is 15.6 Å². The van der Waals surface area contributed by atoms with Crippen LogP contribution in [0.2, 0.25) is 5.02 Å². The van der Waals surface area contributed by atoms with Gasteiger partial charge < -0.3 is 20.3 Å². The highest BCUT2D eigenvalue weighted by Crippen LogP contribution is 2.20. The number of halogens is 3. The van der Waals surface area contributed by atoms with Crippen LogP contribution >= 0.6 is 36.4 Å². The Hall–Kier alpha value is -1.12. The molecule has 3 heterocycles. The third-order valence-electron chi connectivity index (χ3n) is 4.30. The molecule has 26 heavy (non-hydrogen) atoms. The first-order valence-corrected chi connectivity index (χ1v) is 8.53. The van der Waals surface area contributed by atoms with Gasteiger partial charge in [-0.2, -0.15) is 0 Å². The van der Waals surface area contributed by atoms with Crippen molar-refractivity contribution in [3.63, 3.8) is 0 Å². The van der Waals surface area contributed by atoms with Crippen molar-refractivity contribution in [3.05, 3.63) is 23.4 Å². The fourth-order valence-electron chi connectivity index (χ4n) is 3.01. The van der Waals surface area contributed by atoms with E-state index >= 15 is 0 Å². The van der Waals surface area contributed by atoms with Gasteiger partial charge in [0.2, 0.25) is 11.8 Å². The van der Waals surface area contributed by atoms with Crippen LogP contribution in [-0.2, 0) is 14.3 Å². The van der Waals surface area contributed by atoms with Gasteiger partial charge in [-0.15, -0.1) is 24.8 Å². The molecule has 2 unspecified atom stereocenters.